The molecule has 6 heteroatoms. The maximum Gasteiger partial charge on any atom is 0.335 e. The minimum Gasteiger partial charge on any atom is -0.478 e. The van der Waals surface area contributed by atoms with Crippen LogP contribution in [-0.2, 0) is 0 Å². The molecule has 1 amide bonds. The number of carbonyl (C=O) groups is 2. The first-order valence-corrected chi connectivity index (χ1v) is 6.34. The lowest BCUT2D eigenvalue weighted by molar-refractivity contribution is 0.0696. The van der Waals surface area contributed by atoms with E-state index < -0.39 is 5.97 Å². The molecule has 0 fully saturated rings. The van der Waals surface area contributed by atoms with E-state index in [1.54, 1.807) is 32.9 Å². The van der Waals surface area contributed by atoms with E-state index in [1.165, 1.54) is 12.1 Å². The lowest BCUT2D eigenvalue weighted by Gasteiger charge is -2.10. The molecule has 0 saturated heterocycles. The summed E-state index contributed by atoms with van der Waals surface area (Å²) in [7, 11) is 0. The predicted molar refractivity (Wildman–Crippen MR) is 77.6 cm³/mol. The highest BCUT2D eigenvalue weighted by molar-refractivity contribution is 6.05. The number of benzene rings is 1. The van der Waals surface area contributed by atoms with E-state index in [9.17, 15) is 9.59 Å². The van der Waals surface area contributed by atoms with E-state index in [1.807, 2.05) is 0 Å². The summed E-state index contributed by atoms with van der Waals surface area (Å²) in [6, 6.07) is 6.24. The van der Waals surface area contributed by atoms with Crippen molar-refractivity contribution in [1.29, 1.82) is 0 Å². The van der Waals surface area contributed by atoms with E-state index in [0.717, 1.165) is 5.56 Å². The van der Waals surface area contributed by atoms with Crippen molar-refractivity contribution in [2.75, 3.05) is 5.32 Å². The second-order valence-corrected chi connectivity index (χ2v) is 4.77. The number of nitrogens with one attached hydrogen (secondary N) is 1. The van der Waals surface area contributed by atoms with Gasteiger partial charge in [-0.3, -0.25) is 4.79 Å². The molecule has 1 aromatic carbocycles. The van der Waals surface area contributed by atoms with Crippen LogP contribution < -0.4 is 5.32 Å². The number of hydrogen-bond acceptors (Lipinski definition) is 4. The van der Waals surface area contributed by atoms with Gasteiger partial charge in [0.2, 0.25) is 0 Å². The second-order valence-electron chi connectivity index (χ2n) is 4.77. The Bertz CT molecular complexity index is 726. The fourth-order valence-electron chi connectivity index (χ4n) is 1.86. The van der Waals surface area contributed by atoms with Gasteiger partial charge >= 0.3 is 5.97 Å². The second kappa shape index (κ2) is 5.70. The Morgan fingerprint density at radius 2 is 1.81 bits per heavy atom. The van der Waals surface area contributed by atoms with Crippen LogP contribution in [0, 0.1) is 20.8 Å². The van der Waals surface area contributed by atoms with Crippen LogP contribution >= 0.6 is 0 Å². The normalized spacial score (nSPS) is 10.2. The zero-order valence-electron chi connectivity index (χ0n) is 12.0. The molecule has 0 aliphatic carbocycles. The number of carbonyl (C=O) groups excluding carboxylic acids is 1. The molecule has 0 saturated carbocycles. The number of hydrogen-bond donors (Lipinski definition) is 2. The Hall–Kier alpha value is -2.76. The van der Waals surface area contributed by atoms with Crippen molar-refractivity contribution in [1.82, 2.24) is 10.2 Å². The van der Waals surface area contributed by atoms with Crippen molar-refractivity contribution in [3.63, 3.8) is 0 Å². The Morgan fingerprint density at radius 3 is 2.48 bits per heavy atom. The summed E-state index contributed by atoms with van der Waals surface area (Å²) in [4.78, 5) is 23.3. The summed E-state index contributed by atoms with van der Waals surface area (Å²) < 4.78 is 0. The minimum absolute atomic E-state index is 0.122. The van der Waals surface area contributed by atoms with E-state index >= 15 is 0 Å². The quantitative estimate of drug-likeness (QED) is 0.903. The van der Waals surface area contributed by atoms with Gasteiger partial charge in [0.1, 0.15) is 0 Å². The van der Waals surface area contributed by atoms with Gasteiger partial charge in [0.25, 0.3) is 5.91 Å². The maximum atomic E-state index is 12.3. The molecule has 0 radical (unpaired) electrons. The molecule has 0 aliphatic heterocycles. The van der Waals surface area contributed by atoms with Crippen molar-refractivity contribution in [3.8, 4) is 0 Å². The minimum atomic E-state index is -1.04. The number of nitrogens with zero attached hydrogens (tertiary/aromatic N) is 2. The molecule has 1 aromatic heterocycles. The predicted octanol–water partition coefficient (Wildman–Crippen LogP) is 2.35. The van der Waals surface area contributed by atoms with Crippen molar-refractivity contribution in [2.45, 2.75) is 20.8 Å². The van der Waals surface area contributed by atoms with Crippen LogP contribution in [0.3, 0.4) is 0 Å². The molecule has 6 nitrogen and oxygen atoms in total. The largest absolute Gasteiger partial charge is 0.478 e. The molecule has 0 atom stereocenters. The highest BCUT2D eigenvalue weighted by Crippen LogP contribution is 2.18. The monoisotopic (exact) mass is 285 g/mol. The van der Waals surface area contributed by atoms with E-state index in [0.29, 0.717) is 22.6 Å². The van der Waals surface area contributed by atoms with Gasteiger partial charge < -0.3 is 10.4 Å². The van der Waals surface area contributed by atoms with Gasteiger partial charge in [-0.15, -0.1) is 0 Å². The fourth-order valence-corrected chi connectivity index (χ4v) is 1.86. The summed E-state index contributed by atoms with van der Waals surface area (Å²) in [5.41, 5.74) is 2.95. The standard InChI is InChI=1S/C15H15N3O3/c1-8-4-5-11(15(20)21)7-13(8)16-14(19)12-6-9(2)17-18-10(12)3/h4-7H,1-3H3,(H,16,19)(H,20,21). The van der Waals surface area contributed by atoms with Crippen LogP contribution in [0.5, 0.6) is 0 Å². The number of aromatic carboxylic acids is 1. The number of aryl methyl sites for hydroxylation is 3. The molecule has 0 aliphatic rings. The summed E-state index contributed by atoms with van der Waals surface area (Å²) in [6.07, 6.45) is 0. The number of carboxylic acid groups (broad SMARTS) is 1. The molecule has 108 valence electrons. The Labute approximate surface area is 121 Å². The molecule has 21 heavy (non-hydrogen) atoms. The third kappa shape index (κ3) is 3.22. The highest BCUT2D eigenvalue weighted by atomic mass is 16.4. The number of aromatic nitrogens is 2. The summed E-state index contributed by atoms with van der Waals surface area (Å²) in [6.45, 7) is 5.24. The Morgan fingerprint density at radius 1 is 1.10 bits per heavy atom. The van der Waals surface area contributed by atoms with Gasteiger partial charge in [0.05, 0.1) is 22.5 Å². The van der Waals surface area contributed by atoms with Gasteiger partial charge in [0.15, 0.2) is 0 Å². The van der Waals surface area contributed by atoms with E-state index in [2.05, 4.69) is 15.5 Å². The SMILES string of the molecule is Cc1cc(C(=O)Nc2cc(C(=O)O)ccc2C)c(C)nn1. The topological polar surface area (TPSA) is 92.2 Å². The molecule has 0 spiro atoms. The van der Waals surface area contributed by atoms with Crippen molar-refractivity contribution < 1.29 is 14.7 Å². The van der Waals surface area contributed by atoms with Crippen LogP contribution in [0.25, 0.3) is 0 Å². The molecule has 1 heterocycles. The van der Waals surface area contributed by atoms with Crippen LogP contribution in [0.4, 0.5) is 5.69 Å². The summed E-state index contributed by atoms with van der Waals surface area (Å²) in [5.74, 6) is -1.38. The van der Waals surface area contributed by atoms with Crippen molar-refractivity contribution >= 4 is 17.6 Å². The zero-order valence-corrected chi connectivity index (χ0v) is 12.0. The van der Waals surface area contributed by atoms with Crippen molar-refractivity contribution in [3.05, 3.63) is 52.3 Å². The average molecular weight is 285 g/mol. The molecule has 0 unspecified atom stereocenters. The lowest BCUT2D eigenvalue weighted by Crippen LogP contribution is -2.16. The van der Waals surface area contributed by atoms with Crippen LogP contribution in [0.15, 0.2) is 24.3 Å². The summed E-state index contributed by atoms with van der Waals surface area (Å²) in [5, 5.41) is 19.5. The number of rotatable bonds is 3. The first-order valence-electron chi connectivity index (χ1n) is 6.34. The maximum absolute atomic E-state index is 12.3. The van der Waals surface area contributed by atoms with Crippen molar-refractivity contribution in [2.24, 2.45) is 0 Å². The Balaban J connectivity index is 2.33. The van der Waals surface area contributed by atoms with E-state index in [4.69, 9.17) is 5.11 Å². The van der Waals surface area contributed by atoms with Gasteiger partial charge in [-0.25, -0.2) is 4.79 Å². The number of amides is 1. The molecule has 2 N–H and O–H groups in total. The molecule has 2 aromatic rings. The highest BCUT2D eigenvalue weighted by Gasteiger charge is 2.14. The molecule has 0 bridgehead atoms. The zero-order chi connectivity index (χ0) is 15.6. The average Bonchev–Trinajstić information content (AvgIpc) is 2.43. The van der Waals surface area contributed by atoms with Gasteiger partial charge in [-0.2, -0.15) is 10.2 Å². The number of carboxylic acids is 1. The Kier molecular flexibility index (Phi) is 3.98. The number of anilines is 1. The van der Waals surface area contributed by atoms with Crippen LogP contribution in [-0.4, -0.2) is 27.2 Å². The third-order valence-corrected chi connectivity index (χ3v) is 3.08. The van der Waals surface area contributed by atoms with E-state index in [-0.39, 0.29) is 11.5 Å². The van der Waals surface area contributed by atoms with Gasteiger partial charge in [0, 0.05) is 5.69 Å². The van der Waals surface area contributed by atoms with Crippen LogP contribution in [0.1, 0.15) is 37.7 Å². The molecular weight excluding hydrogens is 270 g/mol. The molecule has 2 rings (SSSR count). The first-order chi connectivity index (χ1) is 9.88. The van der Waals surface area contributed by atoms with Crippen LogP contribution in [0.2, 0.25) is 0 Å². The third-order valence-electron chi connectivity index (χ3n) is 3.08. The smallest absolute Gasteiger partial charge is 0.335 e. The molecular formula is C15H15N3O3. The van der Waals surface area contributed by atoms with Gasteiger partial charge in [-0.05, 0) is 44.5 Å². The fraction of sp³-hybridized carbons (Fsp3) is 0.200. The first kappa shape index (κ1) is 14.6. The van der Waals surface area contributed by atoms with Gasteiger partial charge in [-0.1, -0.05) is 6.07 Å². The lowest BCUT2D eigenvalue weighted by atomic mass is 10.1. The summed E-state index contributed by atoms with van der Waals surface area (Å²) >= 11 is 0.